The van der Waals surface area contributed by atoms with Crippen molar-refractivity contribution in [3.8, 4) is 0 Å². The van der Waals surface area contributed by atoms with Crippen molar-refractivity contribution in [2.45, 2.75) is 0 Å². The Kier molecular flexibility index (Phi) is 2.27. The lowest BCUT2D eigenvalue weighted by Gasteiger charge is -1.91. The predicted molar refractivity (Wildman–Crippen MR) is 24.6 cm³/mol. The third-order valence-electron chi connectivity index (χ3n) is 0.145. The van der Waals surface area contributed by atoms with E-state index < -0.39 is 6.09 Å². The van der Waals surface area contributed by atoms with Crippen LogP contribution in [0.25, 0.3) is 0 Å². The van der Waals surface area contributed by atoms with Crippen LogP contribution in [0.4, 0.5) is 4.79 Å². The van der Waals surface area contributed by atoms with Crippen LogP contribution < -0.4 is 0 Å². The van der Waals surface area contributed by atoms with Gasteiger partial charge in [-0.2, -0.15) is 0 Å². The topological polar surface area (TPSA) is 40.5 Å². The van der Waals surface area contributed by atoms with E-state index >= 15 is 0 Å². The van der Waals surface area contributed by atoms with Gasteiger partial charge in [-0.15, -0.1) is 3.45 Å². The van der Waals surface area contributed by atoms with Crippen molar-refractivity contribution >= 4 is 34.0 Å². The van der Waals surface area contributed by atoms with Gasteiger partial charge in [0.1, 0.15) is 0 Å². The van der Waals surface area contributed by atoms with Gasteiger partial charge in [0.05, 0.1) is 16.1 Å². The van der Waals surface area contributed by atoms with Gasteiger partial charge in [0, 0.05) is 11.8 Å². The van der Waals surface area contributed by atoms with Gasteiger partial charge >= 0.3 is 6.09 Å². The van der Waals surface area contributed by atoms with Gasteiger partial charge in [0.15, 0.2) is 0 Å². The van der Waals surface area contributed by atoms with Crippen molar-refractivity contribution < 1.29 is 9.90 Å². The van der Waals surface area contributed by atoms with E-state index in [4.69, 9.17) is 16.9 Å². The second-order valence-electron chi connectivity index (χ2n) is 0.515. The van der Waals surface area contributed by atoms with Crippen molar-refractivity contribution in [1.29, 1.82) is 0 Å². The van der Waals surface area contributed by atoms with Crippen LogP contribution in [-0.2, 0) is 0 Å². The highest BCUT2D eigenvalue weighted by Gasteiger charge is 1.98. The monoisotopic (exact) mass is 173 g/mol. The molecule has 0 saturated carbocycles. The molecule has 0 unspecified atom stereocenters. The Morgan fingerprint density at radius 1 is 2.00 bits per heavy atom. The maximum atomic E-state index is 9.45. The van der Waals surface area contributed by atoms with Gasteiger partial charge in [-0.1, -0.05) is 0 Å². The molecule has 0 aliphatic rings. The Hall–Kier alpha value is 0.0400. The van der Waals surface area contributed by atoms with E-state index in [-0.39, 0.29) is 0 Å². The number of rotatable bonds is 0. The van der Waals surface area contributed by atoms with Crippen molar-refractivity contribution in [3.05, 3.63) is 0 Å². The van der Waals surface area contributed by atoms with Crippen molar-refractivity contribution in [2.75, 3.05) is 0 Å². The molecule has 1 amide bonds. The molecule has 0 radical (unpaired) electrons. The first-order valence-corrected chi connectivity index (χ1v) is 2.04. The molecule has 0 aromatic heterocycles. The molecule has 5 heteroatoms. The number of amides is 1. The Labute approximate surface area is 47.9 Å². The molecule has 0 rings (SSSR count). The molecular weight excluding hydrogens is 173 g/mol. The lowest BCUT2D eigenvalue weighted by molar-refractivity contribution is 0.190. The Morgan fingerprint density at radius 3 is 2.17 bits per heavy atom. The standard InChI is InChI=1S/CHBrClNO2/c2-4(3)1(5)6/h(H,5,6). The summed E-state index contributed by atoms with van der Waals surface area (Å²) < 4.78 is 0.368. The summed E-state index contributed by atoms with van der Waals surface area (Å²) in [6.45, 7) is 0. The summed E-state index contributed by atoms with van der Waals surface area (Å²) in [5, 5.41) is 7.74. The minimum atomic E-state index is -1.23. The highest BCUT2D eigenvalue weighted by molar-refractivity contribution is 9.08. The first-order valence-electron chi connectivity index (χ1n) is 0.989. The van der Waals surface area contributed by atoms with Crippen molar-refractivity contribution in [2.24, 2.45) is 0 Å². The molecule has 0 spiro atoms. The van der Waals surface area contributed by atoms with Gasteiger partial charge < -0.3 is 5.11 Å². The normalized spacial score (nSPS) is 7.67. The van der Waals surface area contributed by atoms with Gasteiger partial charge in [-0.3, -0.25) is 0 Å². The molecule has 0 atom stereocenters. The smallest absolute Gasteiger partial charge is 0.432 e. The second kappa shape index (κ2) is 2.25. The first-order chi connectivity index (χ1) is 2.64. The van der Waals surface area contributed by atoms with E-state index in [9.17, 15) is 4.79 Å². The molecule has 6 heavy (non-hydrogen) atoms. The zero-order valence-corrected chi connectivity index (χ0v) is 4.90. The van der Waals surface area contributed by atoms with Gasteiger partial charge in [0.25, 0.3) is 0 Å². The maximum absolute atomic E-state index is 9.45. The molecule has 0 aromatic carbocycles. The van der Waals surface area contributed by atoms with Crippen LogP contribution in [0.1, 0.15) is 0 Å². The van der Waals surface area contributed by atoms with E-state index in [0.29, 0.717) is 3.45 Å². The second-order valence-corrected chi connectivity index (χ2v) is 1.97. The zero-order chi connectivity index (χ0) is 5.15. The van der Waals surface area contributed by atoms with E-state index in [1.165, 1.54) is 0 Å². The highest BCUT2D eigenvalue weighted by Crippen LogP contribution is 1.99. The summed E-state index contributed by atoms with van der Waals surface area (Å²) in [6.07, 6.45) is -1.23. The number of carbonyl (C=O) groups is 1. The Balaban J connectivity index is 3.26. The summed E-state index contributed by atoms with van der Waals surface area (Å²) in [5.74, 6) is 0. The fourth-order valence-corrected chi connectivity index (χ4v) is 0. The van der Waals surface area contributed by atoms with Crippen LogP contribution in [0.3, 0.4) is 0 Å². The SMILES string of the molecule is O=C(O)N(Cl)Br. The third-order valence-corrected chi connectivity index (χ3v) is 0.593. The first kappa shape index (κ1) is 6.04. The molecule has 36 valence electrons. The molecular formula is CHBrClNO2. The average molecular weight is 174 g/mol. The molecule has 0 aliphatic heterocycles. The van der Waals surface area contributed by atoms with Crippen LogP contribution in [0.5, 0.6) is 0 Å². The minimum Gasteiger partial charge on any atom is -0.463 e. The van der Waals surface area contributed by atoms with E-state index in [2.05, 4.69) is 16.1 Å². The fraction of sp³-hybridized carbons (Fsp3) is 0. The molecule has 0 saturated heterocycles. The molecule has 0 aromatic rings. The summed E-state index contributed by atoms with van der Waals surface area (Å²) in [6, 6.07) is 0. The van der Waals surface area contributed by atoms with Gasteiger partial charge in [-0.25, -0.2) is 4.79 Å². The van der Waals surface area contributed by atoms with Crippen molar-refractivity contribution in [3.63, 3.8) is 0 Å². The molecule has 0 heterocycles. The zero-order valence-electron chi connectivity index (χ0n) is 2.56. The van der Waals surface area contributed by atoms with Crippen LogP contribution in [0.15, 0.2) is 0 Å². The summed E-state index contributed by atoms with van der Waals surface area (Å²) in [7, 11) is 0. The van der Waals surface area contributed by atoms with Crippen LogP contribution in [0, 0.1) is 0 Å². The quantitative estimate of drug-likeness (QED) is 0.564. The number of carboxylic acid groups (broad SMARTS) is 1. The molecule has 0 fully saturated rings. The lowest BCUT2D eigenvalue weighted by atomic mass is 11.3. The number of nitrogens with zero attached hydrogens (tertiary/aromatic N) is 1. The molecule has 3 nitrogen and oxygen atoms in total. The van der Waals surface area contributed by atoms with Crippen LogP contribution in [0.2, 0.25) is 0 Å². The fourth-order valence-electron chi connectivity index (χ4n) is 0. The lowest BCUT2D eigenvalue weighted by Crippen LogP contribution is -2.04. The van der Waals surface area contributed by atoms with Gasteiger partial charge in [-0.05, 0) is 0 Å². The summed E-state index contributed by atoms with van der Waals surface area (Å²) in [4.78, 5) is 9.45. The van der Waals surface area contributed by atoms with Crippen LogP contribution in [-0.4, -0.2) is 14.6 Å². The Bertz CT molecular complexity index is 64.6. The molecule has 0 bridgehead atoms. The largest absolute Gasteiger partial charge is 0.463 e. The van der Waals surface area contributed by atoms with Crippen molar-refractivity contribution in [1.82, 2.24) is 3.45 Å². The Morgan fingerprint density at radius 2 is 2.17 bits per heavy atom. The van der Waals surface area contributed by atoms with E-state index in [0.717, 1.165) is 0 Å². The maximum Gasteiger partial charge on any atom is 0.432 e. The third kappa shape index (κ3) is 2.29. The minimum absolute atomic E-state index is 0.368. The highest BCUT2D eigenvalue weighted by atomic mass is 79.9. The average Bonchev–Trinajstić information content (AvgIpc) is 1.36. The predicted octanol–water partition coefficient (Wildman–Crippen LogP) is 1.43. The summed E-state index contributed by atoms with van der Waals surface area (Å²) in [5.41, 5.74) is 0. The van der Waals surface area contributed by atoms with E-state index in [1.54, 1.807) is 0 Å². The summed E-state index contributed by atoms with van der Waals surface area (Å²) >= 11 is 7.20. The van der Waals surface area contributed by atoms with E-state index in [1.807, 2.05) is 0 Å². The molecule has 1 N–H and O–H groups in total. The van der Waals surface area contributed by atoms with Gasteiger partial charge in [0.2, 0.25) is 0 Å². The number of halogens is 2. The molecule has 0 aliphatic carbocycles. The number of hydrogen-bond donors (Lipinski definition) is 1. The van der Waals surface area contributed by atoms with Crippen LogP contribution >= 0.6 is 27.9 Å². The number of hydrogen-bond acceptors (Lipinski definition) is 1.